The highest BCUT2D eigenvalue weighted by Gasteiger charge is 2.48. The summed E-state index contributed by atoms with van der Waals surface area (Å²) in [5.41, 5.74) is 2.40. The van der Waals surface area contributed by atoms with E-state index in [1.165, 1.54) is 5.56 Å². The monoisotopic (exact) mass is 528 g/mol. The Morgan fingerprint density at radius 3 is 2.63 bits per heavy atom. The predicted octanol–water partition coefficient (Wildman–Crippen LogP) is 2.98. The van der Waals surface area contributed by atoms with Crippen molar-refractivity contribution in [2.24, 2.45) is 17.3 Å². The van der Waals surface area contributed by atoms with Crippen LogP contribution in [0.2, 0.25) is 0 Å². The summed E-state index contributed by atoms with van der Waals surface area (Å²) in [5.74, 6) is -0.918. The van der Waals surface area contributed by atoms with Crippen molar-refractivity contribution < 1.29 is 33.7 Å². The van der Waals surface area contributed by atoms with Gasteiger partial charge >= 0.3 is 11.9 Å². The number of carbonyl (C=O) groups is 3. The Kier molecular flexibility index (Phi) is 8.06. The second kappa shape index (κ2) is 11.0. The Labute approximate surface area is 224 Å². The van der Waals surface area contributed by atoms with E-state index < -0.39 is 30.0 Å². The van der Waals surface area contributed by atoms with Gasteiger partial charge in [-0.25, -0.2) is 9.59 Å². The van der Waals surface area contributed by atoms with E-state index in [4.69, 9.17) is 14.2 Å². The van der Waals surface area contributed by atoms with Gasteiger partial charge in [-0.2, -0.15) is 0 Å². The van der Waals surface area contributed by atoms with Crippen LogP contribution in [0.15, 0.2) is 24.3 Å². The number of hydrogen-bond donors (Lipinski definition) is 2. The van der Waals surface area contributed by atoms with Gasteiger partial charge in [0.2, 0.25) is 5.91 Å². The fraction of sp³-hybridized carbons (Fsp3) is 0.621. The third-order valence-corrected chi connectivity index (χ3v) is 8.78. The smallest absolute Gasteiger partial charge is 0.331 e. The van der Waals surface area contributed by atoms with Crippen LogP contribution >= 0.6 is 0 Å². The number of likely N-dealkylation sites (N-methyl/N-ethyl adjacent to an activating group) is 1. The zero-order valence-corrected chi connectivity index (χ0v) is 23.2. The zero-order valence-electron chi connectivity index (χ0n) is 23.2. The molecule has 1 amide bonds. The fourth-order valence-electron chi connectivity index (χ4n) is 6.34. The number of aliphatic carboxylic acids is 1. The SMILES string of the molecule is COc1ccc2c3c1OC(C3)C(OC(=O)/C=C/C(=O)NC(C(=O)O)C(C)C)CCC1(C)CN(C)[C@H](C2)C1C. The topological polar surface area (TPSA) is 114 Å². The van der Waals surface area contributed by atoms with Crippen LogP contribution < -0.4 is 14.8 Å². The summed E-state index contributed by atoms with van der Waals surface area (Å²) in [5, 5.41) is 11.7. The first-order chi connectivity index (χ1) is 17.9. The Morgan fingerprint density at radius 2 is 1.97 bits per heavy atom. The molecule has 1 aromatic carbocycles. The first kappa shape index (κ1) is 28.0. The lowest BCUT2D eigenvalue weighted by Crippen LogP contribution is -2.43. The highest BCUT2D eigenvalue weighted by atomic mass is 16.6. The third-order valence-electron chi connectivity index (χ3n) is 8.78. The van der Waals surface area contributed by atoms with Crippen molar-refractivity contribution in [3.8, 4) is 11.5 Å². The van der Waals surface area contributed by atoms with Gasteiger partial charge < -0.3 is 29.5 Å². The molecule has 9 heteroatoms. The van der Waals surface area contributed by atoms with E-state index in [2.05, 4.69) is 37.2 Å². The minimum atomic E-state index is -1.13. The van der Waals surface area contributed by atoms with Crippen molar-refractivity contribution in [2.45, 2.75) is 77.7 Å². The lowest BCUT2D eigenvalue weighted by Gasteiger charge is -2.33. The van der Waals surface area contributed by atoms with Gasteiger partial charge in [-0.05, 0) is 55.2 Å². The number of ether oxygens (including phenoxy) is 3. The third kappa shape index (κ3) is 5.53. The summed E-state index contributed by atoms with van der Waals surface area (Å²) in [6, 6.07) is 3.43. The maximum Gasteiger partial charge on any atom is 0.331 e. The van der Waals surface area contributed by atoms with Crippen LogP contribution in [0.25, 0.3) is 0 Å². The molecule has 3 aliphatic rings. The Hall–Kier alpha value is -3.07. The molecule has 4 rings (SSSR count). The van der Waals surface area contributed by atoms with Crippen LogP contribution in [0.5, 0.6) is 11.5 Å². The molecule has 2 aliphatic heterocycles. The van der Waals surface area contributed by atoms with Gasteiger partial charge in [-0.15, -0.1) is 0 Å². The van der Waals surface area contributed by atoms with Gasteiger partial charge in [0.1, 0.15) is 18.2 Å². The molecule has 1 aliphatic carbocycles. The summed E-state index contributed by atoms with van der Waals surface area (Å²) in [6.07, 6.45) is 4.21. The van der Waals surface area contributed by atoms with Crippen LogP contribution in [0, 0.1) is 17.3 Å². The van der Waals surface area contributed by atoms with Crippen LogP contribution in [-0.2, 0) is 32.0 Å². The molecule has 4 bridgehead atoms. The largest absolute Gasteiger partial charge is 0.493 e. The molecule has 1 fully saturated rings. The highest BCUT2D eigenvalue weighted by molar-refractivity contribution is 5.96. The number of carboxylic acid groups (broad SMARTS) is 1. The Morgan fingerprint density at radius 1 is 1.24 bits per heavy atom. The van der Waals surface area contributed by atoms with E-state index in [0.29, 0.717) is 30.6 Å². The van der Waals surface area contributed by atoms with E-state index in [-0.39, 0.29) is 17.4 Å². The van der Waals surface area contributed by atoms with Crippen LogP contribution in [0.3, 0.4) is 0 Å². The Balaban J connectivity index is 1.55. The van der Waals surface area contributed by atoms with Gasteiger partial charge in [0.15, 0.2) is 11.5 Å². The molecule has 1 aromatic rings. The molecule has 38 heavy (non-hydrogen) atoms. The number of nitrogens with zero attached hydrogens (tertiary/aromatic N) is 1. The van der Waals surface area contributed by atoms with E-state index in [0.717, 1.165) is 42.9 Å². The van der Waals surface area contributed by atoms with Gasteiger partial charge in [0, 0.05) is 36.7 Å². The van der Waals surface area contributed by atoms with E-state index in [1.807, 2.05) is 6.07 Å². The zero-order chi connectivity index (χ0) is 27.8. The average molecular weight is 529 g/mol. The van der Waals surface area contributed by atoms with Crippen molar-refractivity contribution in [3.05, 3.63) is 35.4 Å². The molecule has 0 radical (unpaired) electrons. The highest BCUT2D eigenvalue weighted by Crippen LogP contribution is 2.48. The summed E-state index contributed by atoms with van der Waals surface area (Å²) in [6.45, 7) is 8.99. The average Bonchev–Trinajstić information content (AvgIpc) is 3.38. The second-order valence-corrected chi connectivity index (χ2v) is 11.6. The van der Waals surface area contributed by atoms with E-state index in [1.54, 1.807) is 21.0 Å². The molecule has 0 aromatic heterocycles. The molecule has 2 heterocycles. The number of rotatable bonds is 7. The van der Waals surface area contributed by atoms with Crippen LogP contribution in [0.4, 0.5) is 0 Å². The minimum Gasteiger partial charge on any atom is -0.493 e. The molecular formula is C29H40N2O7. The summed E-state index contributed by atoms with van der Waals surface area (Å²) in [7, 11) is 3.80. The van der Waals surface area contributed by atoms with Crippen molar-refractivity contribution in [3.63, 3.8) is 0 Å². The Bertz CT molecular complexity index is 1120. The number of hydrogen-bond acceptors (Lipinski definition) is 7. The normalized spacial score (nSPS) is 29.4. The van der Waals surface area contributed by atoms with Crippen LogP contribution in [-0.4, -0.2) is 72.8 Å². The van der Waals surface area contributed by atoms with Crippen molar-refractivity contribution in [2.75, 3.05) is 20.7 Å². The number of esters is 1. The first-order valence-corrected chi connectivity index (χ1v) is 13.4. The lowest BCUT2D eigenvalue weighted by atomic mass is 9.73. The summed E-state index contributed by atoms with van der Waals surface area (Å²) < 4.78 is 17.9. The molecule has 208 valence electrons. The summed E-state index contributed by atoms with van der Waals surface area (Å²) >= 11 is 0. The molecule has 9 nitrogen and oxygen atoms in total. The number of carbonyl (C=O) groups excluding carboxylic acids is 2. The molecule has 5 unspecified atom stereocenters. The summed E-state index contributed by atoms with van der Waals surface area (Å²) in [4.78, 5) is 38.9. The molecule has 2 N–H and O–H groups in total. The number of nitrogens with one attached hydrogen (secondary N) is 1. The second-order valence-electron chi connectivity index (χ2n) is 11.6. The van der Waals surface area contributed by atoms with Crippen molar-refractivity contribution >= 4 is 17.8 Å². The predicted molar refractivity (Wildman–Crippen MR) is 141 cm³/mol. The molecule has 6 atom stereocenters. The molecular weight excluding hydrogens is 488 g/mol. The maximum atomic E-state index is 12.8. The minimum absolute atomic E-state index is 0.0615. The number of benzene rings is 1. The molecule has 0 spiro atoms. The number of likely N-dealkylation sites (tertiary alicyclic amines) is 1. The number of fused-ring (bicyclic) bond motifs is 3. The molecule has 0 saturated carbocycles. The van der Waals surface area contributed by atoms with Crippen molar-refractivity contribution in [1.82, 2.24) is 10.2 Å². The van der Waals surface area contributed by atoms with Crippen molar-refractivity contribution in [1.29, 1.82) is 0 Å². The number of amides is 1. The van der Waals surface area contributed by atoms with Gasteiger partial charge in [0.25, 0.3) is 0 Å². The van der Waals surface area contributed by atoms with Gasteiger partial charge in [0.05, 0.1) is 7.11 Å². The fourth-order valence-corrected chi connectivity index (χ4v) is 6.34. The van der Waals surface area contributed by atoms with E-state index >= 15 is 0 Å². The van der Waals surface area contributed by atoms with E-state index in [9.17, 15) is 19.5 Å². The molecule has 1 saturated heterocycles. The lowest BCUT2D eigenvalue weighted by molar-refractivity contribution is -0.148. The van der Waals surface area contributed by atoms with Gasteiger partial charge in [-0.1, -0.05) is 33.8 Å². The van der Waals surface area contributed by atoms with Crippen LogP contribution in [0.1, 0.15) is 51.7 Å². The maximum absolute atomic E-state index is 12.8. The standard InChI is InChI=1S/C29H40N2O7/c1-16(2)26(28(34)35)30-24(32)9-10-25(33)37-21-11-12-29(4)15-31(5)20(17(29)3)13-18-7-8-22(36-6)27-19(18)14-23(21)38-27/h7-10,16-17,20-21,23,26H,11-15H2,1-6H3,(H,30,32)(H,34,35)/b10-9+/t17?,20-,21?,23?,26?,29?/m1/s1. The number of methoxy groups -OCH3 is 1. The number of carboxylic acids is 1. The quantitative estimate of drug-likeness (QED) is 0.410. The van der Waals surface area contributed by atoms with Gasteiger partial charge in [-0.3, -0.25) is 4.79 Å². The first-order valence-electron chi connectivity index (χ1n) is 13.4.